The predicted octanol–water partition coefficient (Wildman–Crippen LogP) is 4.59. The highest BCUT2D eigenvalue weighted by atomic mass is 79.9. The Kier molecular flexibility index (Phi) is 5.75. The second-order valence-corrected chi connectivity index (χ2v) is 6.58. The van der Waals surface area contributed by atoms with Crippen molar-refractivity contribution in [2.75, 3.05) is 13.2 Å². The molecule has 120 valence electrons. The number of Topliss-reactive ketones (excluding diaryl/α,β-unsaturated/α-hetero) is 1. The fourth-order valence-corrected chi connectivity index (χ4v) is 3.94. The van der Waals surface area contributed by atoms with Gasteiger partial charge in [-0.1, -0.05) is 46.1 Å². The molecule has 2 unspecified atom stereocenters. The van der Waals surface area contributed by atoms with Crippen LogP contribution in [0.25, 0.3) is 0 Å². The van der Waals surface area contributed by atoms with Crippen LogP contribution in [0, 0.1) is 5.92 Å². The zero-order valence-electron chi connectivity index (χ0n) is 12.1. The number of esters is 1. The summed E-state index contributed by atoms with van der Waals surface area (Å²) in [6.45, 7) is 3.66. The van der Waals surface area contributed by atoms with E-state index in [0.717, 1.165) is 5.56 Å². The van der Waals surface area contributed by atoms with Crippen LogP contribution < -0.4 is 4.74 Å². The van der Waals surface area contributed by atoms with Gasteiger partial charge < -0.3 is 9.47 Å². The van der Waals surface area contributed by atoms with Crippen LogP contribution in [0.3, 0.4) is 0 Å². The van der Waals surface area contributed by atoms with E-state index >= 15 is 0 Å². The van der Waals surface area contributed by atoms with Gasteiger partial charge in [0.15, 0.2) is 12.4 Å². The molecule has 0 heterocycles. The first-order valence-electron chi connectivity index (χ1n) is 6.90. The lowest BCUT2D eigenvalue weighted by Crippen LogP contribution is -2.15. The molecule has 2 rings (SSSR count). The minimum Gasteiger partial charge on any atom is -0.480 e. The molecule has 0 saturated heterocycles. The monoisotopic (exact) mass is 408 g/mol. The fraction of sp³-hybridized carbons (Fsp3) is 0.467. The molecule has 1 aromatic rings. The van der Waals surface area contributed by atoms with Crippen molar-refractivity contribution in [2.45, 2.75) is 25.1 Å². The molecule has 0 amide bonds. The van der Waals surface area contributed by atoms with E-state index in [-0.39, 0.29) is 45.5 Å². The molecule has 0 spiro atoms. The van der Waals surface area contributed by atoms with Crippen LogP contribution in [0.5, 0.6) is 5.75 Å². The van der Waals surface area contributed by atoms with Crippen LogP contribution in [0.2, 0.25) is 10.0 Å². The number of alkyl halides is 1. The predicted molar refractivity (Wildman–Crippen MR) is 88.4 cm³/mol. The van der Waals surface area contributed by atoms with Crippen molar-refractivity contribution in [3.05, 3.63) is 27.2 Å². The molecule has 0 radical (unpaired) electrons. The number of carbonyl (C=O) groups excluding carboxylic acids is 2. The molecule has 22 heavy (non-hydrogen) atoms. The van der Waals surface area contributed by atoms with E-state index in [2.05, 4.69) is 15.9 Å². The first-order valence-corrected chi connectivity index (χ1v) is 8.58. The molecule has 4 nitrogen and oxygen atoms in total. The van der Waals surface area contributed by atoms with Crippen LogP contribution in [0.1, 0.15) is 41.0 Å². The van der Waals surface area contributed by atoms with E-state index in [1.54, 1.807) is 13.0 Å². The topological polar surface area (TPSA) is 52.6 Å². The summed E-state index contributed by atoms with van der Waals surface area (Å²) in [7, 11) is 0. The lowest BCUT2D eigenvalue weighted by molar-refractivity contribution is -0.145. The summed E-state index contributed by atoms with van der Waals surface area (Å²) >= 11 is 15.9. The summed E-state index contributed by atoms with van der Waals surface area (Å²) in [4.78, 5) is 23.6. The van der Waals surface area contributed by atoms with Crippen molar-refractivity contribution in [3.8, 4) is 5.75 Å². The Hall–Kier alpha value is -0.780. The van der Waals surface area contributed by atoms with Gasteiger partial charge in [-0.3, -0.25) is 4.79 Å². The maximum atomic E-state index is 12.4. The highest BCUT2D eigenvalue weighted by Crippen LogP contribution is 2.50. The van der Waals surface area contributed by atoms with E-state index in [4.69, 9.17) is 32.7 Å². The molecule has 7 heteroatoms. The minimum atomic E-state index is -0.493. The number of rotatable bonds is 5. The summed E-state index contributed by atoms with van der Waals surface area (Å²) in [6.07, 6.45) is 0.691. The van der Waals surface area contributed by atoms with Gasteiger partial charge in [-0.25, -0.2) is 4.79 Å². The quantitative estimate of drug-likeness (QED) is 0.527. The highest BCUT2D eigenvalue weighted by molar-refractivity contribution is 9.09. The zero-order valence-corrected chi connectivity index (χ0v) is 15.2. The van der Waals surface area contributed by atoms with E-state index in [1.807, 2.05) is 6.92 Å². The Morgan fingerprint density at radius 1 is 1.32 bits per heavy atom. The van der Waals surface area contributed by atoms with Crippen LogP contribution in [-0.2, 0) is 9.53 Å². The Morgan fingerprint density at radius 3 is 2.59 bits per heavy atom. The number of ketones is 1. The van der Waals surface area contributed by atoms with E-state index < -0.39 is 5.97 Å². The van der Waals surface area contributed by atoms with Gasteiger partial charge in [-0.15, -0.1) is 0 Å². The van der Waals surface area contributed by atoms with Crippen molar-refractivity contribution in [2.24, 2.45) is 5.92 Å². The molecule has 1 aliphatic carbocycles. The van der Waals surface area contributed by atoms with Gasteiger partial charge in [-0.2, -0.15) is 0 Å². The fourth-order valence-electron chi connectivity index (χ4n) is 2.46. The largest absolute Gasteiger partial charge is 0.480 e. The first kappa shape index (κ1) is 17.6. The molecule has 1 aliphatic rings. The van der Waals surface area contributed by atoms with E-state index in [9.17, 15) is 9.59 Å². The normalized spacial score (nSPS) is 20.0. The average molecular weight is 410 g/mol. The third-order valence-corrected chi connectivity index (χ3v) is 5.51. The molecular formula is C15H15BrCl2O4. The van der Waals surface area contributed by atoms with Crippen LogP contribution >= 0.6 is 39.1 Å². The molecule has 2 atom stereocenters. The summed E-state index contributed by atoms with van der Waals surface area (Å²) in [6, 6.07) is 1.66. The van der Waals surface area contributed by atoms with Gasteiger partial charge in [0.2, 0.25) is 0 Å². The zero-order chi connectivity index (χ0) is 16.4. The Bertz CT molecular complexity index is 618. The van der Waals surface area contributed by atoms with Crippen molar-refractivity contribution in [1.29, 1.82) is 0 Å². The number of hydrogen-bond donors (Lipinski definition) is 0. The number of fused-ring (bicyclic) bond motifs is 1. The maximum absolute atomic E-state index is 12.4. The summed E-state index contributed by atoms with van der Waals surface area (Å²) < 4.78 is 10.2. The molecule has 0 fully saturated rings. The molecule has 0 aliphatic heterocycles. The van der Waals surface area contributed by atoms with Gasteiger partial charge in [0, 0.05) is 11.5 Å². The van der Waals surface area contributed by atoms with Gasteiger partial charge >= 0.3 is 5.97 Å². The lowest BCUT2D eigenvalue weighted by Gasteiger charge is -2.13. The SMILES string of the molecule is CCOC(=O)COc1cc2c(c(Cl)c1Cl)C(=O)C(CC)C2Br. The molecule has 0 bridgehead atoms. The van der Waals surface area contributed by atoms with Crippen LogP contribution in [-0.4, -0.2) is 25.0 Å². The van der Waals surface area contributed by atoms with Crippen molar-refractivity contribution in [1.82, 2.24) is 0 Å². The minimum absolute atomic E-state index is 0.0248. The molecule has 0 aromatic heterocycles. The standard InChI is InChI=1S/C15H15BrCl2O4/c1-3-7-12(16)8-5-9(22-6-10(19)21-4-2)13(17)14(18)11(8)15(7)20/h5,7,12H,3-4,6H2,1-2H3. The number of halogens is 3. The van der Waals surface area contributed by atoms with Crippen molar-refractivity contribution >= 4 is 50.9 Å². The third-order valence-electron chi connectivity index (χ3n) is 3.53. The number of benzene rings is 1. The van der Waals surface area contributed by atoms with Crippen LogP contribution in [0.4, 0.5) is 0 Å². The maximum Gasteiger partial charge on any atom is 0.344 e. The second kappa shape index (κ2) is 7.20. The molecule has 1 aromatic carbocycles. The summed E-state index contributed by atoms with van der Waals surface area (Å²) in [5.41, 5.74) is 1.17. The Balaban J connectivity index is 2.33. The second-order valence-electron chi connectivity index (χ2n) is 4.84. The van der Waals surface area contributed by atoms with Crippen molar-refractivity contribution in [3.63, 3.8) is 0 Å². The third kappa shape index (κ3) is 3.12. The summed E-state index contributed by atoms with van der Waals surface area (Å²) in [5, 5.41) is 0.304. The van der Waals surface area contributed by atoms with Gasteiger partial charge in [0.05, 0.1) is 16.5 Å². The summed E-state index contributed by atoms with van der Waals surface area (Å²) in [5.74, 6) is -0.423. The smallest absolute Gasteiger partial charge is 0.344 e. The number of carbonyl (C=O) groups is 2. The van der Waals surface area contributed by atoms with Crippen LogP contribution in [0.15, 0.2) is 6.07 Å². The molecule has 0 N–H and O–H groups in total. The van der Waals surface area contributed by atoms with Gasteiger partial charge in [-0.05, 0) is 25.0 Å². The Labute approximate surface area is 147 Å². The number of hydrogen-bond acceptors (Lipinski definition) is 4. The lowest BCUT2D eigenvalue weighted by atomic mass is 10.0. The Morgan fingerprint density at radius 2 is 2.00 bits per heavy atom. The van der Waals surface area contributed by atoms with Gasteiger partial charge in [0.25, 0.3) is 0 Å². The van der Waals surface area contributed by atoms with Crippen molar-refractivity contribution < 1.29 is 19.1 Å². The highest BCUT2D eigenvalue weighted by Gasteiger charge is 2.40. The molecule has 0 saturated carbocycles. The first-order chi connectivity index (χ1) is 10.4. The molecular weight excluding hydrogens is 395 g/mol. The van der Waals surface area contributed by atoms with Gasteiger partial charge in [0.1, 0.15) is 10.8 Å². The average Bonchev–Trinajstić information content (AvgIpc) is 2.72. The number of ether oxygens (including phenoxy) is 2. The van der Waals surface area contributed by atoms with E-state index in [0.29, 0.717) is 12.0 Å². The van der Waals surface area contributed by atoms with E-state index in [1.165, 1.54) is 0 Å².